The summed E-state index contributed by atoms with van der Waals surface area (Å²) < 4.78 is 0. The van der Waals surface area contributed by atoms with Crippen LogP contribution in [0, 0.1) is 0 Å². The fraction of sp³-hybridized carbons (Fsp3) is 0.600. The van der Waals surface area contributed by atoms with Crippen LogP contribution in [0.15, 0.2) is 29.2 Å². The monoisotopic (exact) mass is 262 g/mol. The molecule has 0 radical (unpaired) electrons. The number of thioether (sulfide) groups is 1. The minimum absolute atomic E-state index is 0.414. The summed E-state index contributed by atoms with van der Waals surface area (Å²) in [6, 6.07) is 9.74. The van der Waals surface area contributed by atoms with Crippen LogP contribution < -0.4 is 11.1 Å². The first-order valence-corrected chi connectivity index (χ1v) is 7.97. The van der Waals surface area contributed by atoms with E-state index in [9.17, 15) is 0 Å². The van der Waals surface area contributed by atoms with E-state index < -0.39 is 0 Å². The Balaban J connectivity index is 1.64. The smallest absolute Gasteiger partial charge is 0.0480 e. The number of rotatable bonds is 4. The van der Waals surface area contributed by atoms with Crippen molar-refractivity contribution in [3.05, 3.63) is 24.3 Å². The van der Waals surface area contributed by atoms with Gasteiger partial charge in [-0.05, 0) is 37.8 Å². The van der Waals surface area contributed by atoms with Crippen molar-refractivity contribution < 1.29 is 0 Å². The number of nitrogens with one attached hydrogen (secondary N) is 1. The van der Waals surface area contributed by atoms with Crippen LogP contribution in [0.1, 0.15) is 38.5 Å². The van der Waals surface area contributed by atoms with E-state index >= 15 is 0 Å². The minimum Gasteiger partial charge on any atom is -0.381 e. The molecule has 2 aliphatic carbocycles. The summed E-state index contributed by atoms with van der Waals surface area (Å²) in [5, 5.41) is 4.48. The van der Waals surface area contributed by atoms with Crippen molar-refractivity contribution in [2.75, 3.05) is 5.32 Å². The molecule has 2 saturated carbocycles. The second-order valence-electron chi connectivity index (χ2n) is 5.59. The maximum Gasteiger partial charge on any atom is 0.0480 e. The average Bonchev–Trinajstić information content (AvgIpc) is 2.82. The highest BCUT2D eigenvalue weighted by Gasteiger charge is 2.26. The molecule has 0 atom stereocenters. The van der Waals surface area contributed by atoms with Crippen molar-refractivity contribution in [2.24, 2.45) is 5.73 Å². The third-order valence-electron chi connectivity index (χ3n) is 4.02. The summed E-state index contributed by atoms with van der Waals surface area (Å²) in [6.07, 6.45) is 7.81. The molecule has 0 heterocycles. The first kappa shape index (κ1) is 12.4. The molecule has 2 fully saturated rings. The lowest BCUT2D eigenvalue weighted by molar-refractivity contribution is 0.373. The molecular formula is C15H22N2S. The summed E-state index contributed by atoms with van der Waals surface area (Å²) in [7, 11) is 0. The minimum atomic E-state index is 0.414. The molecule has 0 amide bonds. The maximum atomic E-state index is 5.85. The Morgan fingerprint density at radius 1 is 1.11 bits per heavy atom. The van der Waals surface area contributed by atoms with Gasteiger partial charge in [-0.2, -0.15) is 0 Å². The number of benzene rings is 1. The molecule has 0 saturated heterocycles. The molecular weight excluding hydrogens is 240 g/mol. The van der Waals surface area contributed by atoms with Crippen molar-refractivity contribution >= 4 is 17.4 Å². The first-order chi connectivity index (χ1) is 8.81. The van der Waals surface area contributed by atoms with Crippen LogP contribution in [0.25, 0.3) is 0 Å². The van der Waals surface area contributed by atoms with Crippen molar-refractivity contribution in [3.63, 3.8) is 0 Å². The standard InChI is InChI=1S/C15H22N2S/c16-11-9-12(10-11)17-14-7-3-4-8-15(14)18-13-5-1-2-6-13/h3-4,7-8,11-13,17H,1-2,5-6,9-10,16H2. The molecule has 0 spiro atoms. The molecule has 0 bridgehead atoms. The summed E-state index contributed by atoms with van der Waals surface area (Å²) in [4.78, 5) is 1.42. The quantitative estimate of drug-likeness (QED) is 0.870. The van der Waals surface area contributed by atoms with Crippen LogP contribution in [-0.2, 0) is 0 Å². The molecule has 3 heteroatoms. The molecule has 0 unspecified atom stereocenters. The van der Waals surface area contributed by atoms with Gasteiger partial charge in [-0.3, -0.25) is 0 Å². The zero-order valence-electron chi connectivity index (χ0n) is 10.8. The van der Waals surface area contributed by atoms with E-state index in [1.54, 1.807) is 0 Å². The summed E-state index contributed by atoms with van der Waals surface area (Å²) in [6.45, 7) is 0. The average molecular weight is 262 g/mol. The second kappa shape index (κ2) is 5.54. The molecule has 18 heavy (non-hydrogen) atoms. The SMILES string of the molecule is NC1CC(Nc2ccccc2SC2CCCC2)C1. The van der Waals surface area contributed by atoms with Crippen LogP contribution in [0.2, 0.25) is 0 Å². The summed E-state index contributed by atoms with van der Waals surface area (Å²) in [5.74, 6) is 0. The fourth-order valence-corrected chi connectivity index (χ4v) is 4.21. The van der Waals surface area contributed by atoms with Gasteiger partial charge in [0.15, 0.2) is 0 Å². The van der Waals surface area contributed by atoms with Crippen molar-refractivity contribution in [2.45, 2.75) is 60.8 Å². The van der Waals surface area contributed by atoms with Gasteiger partial charge in [0.25, 0.3) is 0 Å². The van der Waals surface area contributed by atoms with E-state index in [0.717, 1.165) is 18.1 Å². The van der Waals surface area contributed by atoms with Crippen LogP contribution in [0.5, 0.6) is 0 Å². The highest BCUT2D eigenvalue weighted by atomic mass is 32.2. The van der Waals surface area contributed by atoms with Crippen LogP contribution in [-0.4, -0.2) is 17.3 Å². The molecule has 0 aromatic heterocycles. The lowest BCUT2D eigenvalue weighted by Gasteiger charge is -2.34. The van der Waals surface area contributed by atoms with Crippen LogP contribution in [0.4, 0.5) is 5.69 Å². The van der Waals surface area contributed by atoms with Crippen molar-refractivity contribution in [3.8, 4) is 0 Å². The van der Waals surface area contributed by atoms with Gasteiger partial charge in [0.05, 0.1) is 0 Å². The highest BCUT2D eigenvalue weighted by molar-refractivity contribution is 8.00. The van der Waals surface area contributed by atoms with Gasteiger partial charge in [-0.25, -0.2) is 0 Å². The van der Waals surface area contributed by atoms with Crippen molar-refractivity contribution in [1.82, 2.24) is 0 Å². The Bertz CT molecular complexity index is 395. The van der Waals surface area contributed by atoms with Gasteiger partial charge in [0.1, 0.15) is 0 Å². The molecule has 1 aromatic carbocycles. The topological polar surface area (TPSA) is 38.0 Å². The molecule has 2 aliphatic rings. The Morgan fingerprint density at radius 3 is 2.56 bits per heavy atom. The van der Waals surface area contributed by atoms with E-state index in [4.69, 9.17) is 5.73 Å². The van der Waals surface area contributed by atoms with E-state index in [-0.39, 0.29) is 0 Å². The van der Waals surface area contributed by atoms with E-state index in [1.807, 2.05) is 0 Å². The number of para-hydroxylation sites is 1. The largest absolute Gasteiger partial charge is 0.381 e. The van der Waals surface area contributed by atoms with E-state index in [1.165, 1.54) is 36.3 Å². The lowest BCUT2D eigenvalue weighted by Crippen LogP contribution is -2.44. The normalized spacial score (nSPS) is 28.1. The number of hydrogen-bond acceptors (Lipinski definition) is 3. The zero-order chi connectivity index (χ0) is 12.4. The summed E-state index contributed by atoms with van der Waals surface area (Å²) in [5.41, 5.74) is 7.16. The van der Waals surface area contributed by atoms with Gasteiger partial charge in [-0.1, -0.05) is 25.0 Å². The van der Waals surface area contributed by atoms with Crippen LogP contribution in [0.3, 0.4) is 0 Å². The van der Waals surface area contributed by atoms with Gasteiger partial charge >= 0.3 is 0 Å². The Kier molecular flexibility index (Phi) is 3.80. The third kappa shape index (κ3) is 2.83. The molecule has 0 aliphatic heterocycles. The highest BCUT2D eigenvalue weighted by Crippen LogP contribution is 2.38. The third-order valence-corrected chi connectivity index (χ3v) is 5.43. The maximum absolute atomic E-state index is 5.85. The Morgan fingerprint density at radius 2 is 1.83 bits per heavy atom. The Labute approximate surface area is 114 Å². The Hall–Kier alpha value is -0.670. The predicted octanol–water partition coefficient (Wildman–Crippen LogP) is 3.62. The summed E-state index contributed by atoms with van der Waals surface area (Å²) >= 11 is 2.06. The molecule has 3 rings (SSSR count). The lowest BCUT2D eigenvalue weighted by atomic mass is 9.87. The molecule has 2 nitrogen and oxygen atoms in total. The van der Waals surface area contributed by atoms with Gasteiger partial charge in [-0.15, -0.1) is 11.8 Å². The van der Waals surface area contributed by atoms with Crippen molar-refractivity contribution in [1.29, 1.82) is 0 Å². The van der Waals surface area contributed by atoms with Gasteiger partial charge in [0, 0.05) is 27.9 Å². The first-order valence-electron chi connectivity index (χ1n) is 7.09. The number of hydrogen-bond donors (Lipinski definition) is 2. The number of nitrogens with two attached hydrogens (primary N) is 1. The van der Waals surface area contributed by atoms with E-state index in [0.29, 0.717) is 12.1 Å². The van der Waals surface area contributed by atoms with Crippen LogP contribution >= 0.6 is 11.8 Å². The molecule has 98 valence electrons. The fourth-order valence-electron chi connectivity index (χ4n) is 2.87. The predicted molar refractivity (Wildman–Crippen MR) is 79.2 cm³/mol. The number of anilines is 1. The molecule has 1 aromatic rings. The van der Waals surface area contributed by atoms with E-state index in [2.05, 4.69) is 41.3 Å². The van der Waals surface area contributed by atoms with Gasteiger partial charge in [0.2, 0.25) is 0 Å². The van der Waals surface area contributed by atoms with Gasteiger partial charge < -0.3 is 11.1 Å². The zero-order valence-corrected chi connectivity index (χ0v) is 11.6. The molecule has 3 N–H and O–H groups in total. The second-order valence-corrected chi connectivity index (χ2v) is 6.94.